The van der Waals surface area contributed by atoms with Crippen molar-refractivity contribution in [1.29, 1.82) is 0 Å². The highest BCUT2D eigenvalue weighted by Gasteiger charge is 2.12. The number of nitrogens with zero attached hydrogens (tertiary/aromatic N) is 1. The number of methoxy groups -OCH3 is 1. The lowest BCUT2D eigenvalue weighted by atomic mass is 10.2. The van der Waals surface area contributed by atoms with E-state index in [1.54, 1.807) is 18.2 Å². The zero-order chi connectivity index (χ0) is 15.4. The van der Waals surface area contributed by atoms with Gasteiger partial charge in [-0.3, -0.25) is 4.79 Å². The van der Waals surface area contributed by atoms with Gasteiger partial charge >= 0.3 is 5.97 Å². The van der Waals surface area contributed by atoms with E-state index in [2.05, 4.69) is 26.2 Å². The summed E-state index contributed by atoms with van der Waals surface area (Å²) in [6.07, 6.45) is 0. The number of halogens is 1. The van der Waals surface area contributed by atoms with Crippen LogP contribution in [-0.4, -0.2) is 29.1 Å². The van der Waals surface area contributed by atoms with Crippen molar-refractivity contribution >= 4 is 33.5 Å². The summed E-state index contributed by atoms with van der Waals surface area (Å²) in [6.45, 7) is 0. The van der Waals surface area contributed by atoms with E-state index in [1.165, 1.54) is 25.3 Å². The van der Waals surface area contributed by atoms with Crippen molar-refractivity contribution in [3.05, 3.63) is 52.3 Å². The molecule has 1 aromatic carbocycles. The van der Waals surface area contributed by atoms with E-state index >= 15 is 0 Å². The van der Waals surface area contributed by atoms with Crippen molar-refractivity contribution in [3.8, 4) is 5.75 Å². The molecule has 0 unspecified atom stereocenters. The Bertz CT molecular complexity index is 703. The van der Waals surface area contributed by atoms with Crippen LogP contribution in [0, 0.1) is 0 Å². The number of carboxylic acid groups (broad SMARTS) is 1. The molecule has 7 heteroatoms. The van der Waals surface area contributed by atoms with E-state index in [1.807, 2.05) is 0 Å². The molecule has 2 rings (SSSR count). The van der Waals surface area contributed by atoms with Crippen LogP contribution in [-0.2, 0) is 0 Å². The van der Waals surface area contributed by atoms with Crippen molar-refractivity contribution in [2.24, 2.45) is 0 Å². The summed E-state index contributed by atoms with van der Waals surface area (Å²) in [4.78, 5) is 26.7. The van der Waals surface area contributed by atoms with Gasteiger partial charge in [0.05, 0.1) is 7.11 Å². The predicted molar refractivity (Wildman–Crippen MR) is 79.8 cm³/mol. The van der Waals surface area contributed by atoms with Crippen LogP contribution in [0.1, 0.15) is 21.0 Å². The number of hydrogen-bond donors (Lipinski definition) is 2. The maximum atomic E-state index is 12.1. The summed E-state index contributed by atoms with van der Waals surface area (Å²) in [5.74, 6) is -1.11. The van der Waals surface area contributed by atoms with Crippen LogP contribution in [0.5, 0.6) is 5.75 Å². The number of nitrogens with one attached hydrogen (secondary N) is 1. The minimum absolute atomic E-state index is 0.0221. The molecule has 0 spiro atoms. The lowest BCUT2D eigenvalue weighted by Crippen LogP contribution is -2.15. The minimum atomic E-state index is -1.19. The van der Waals surface area contributed by atoms with E-state index in [0.717, 1.165) is 4.47 Å². The quantitative estimate of drug-likeness (QED) is 0.884. The maximum Gasteiger partial charge on any atom is 0.354 e. The number of carbonyl (C=O) groups excluding carboxylic acids is 1. The highest BCUT2D eigenvalue weighted by Crippen LogP contribution is 2.24. The Balaban J connectivity index is 2.23. The summed E-state index contributed by atoms with van der Waals surface area (Å²) in [5.41, 5.74) is 0.345. The second kappa shape index (κ2) is 6.36. The number of anilines is 1. The third-order valence-corrected chi connectivity index (χ3v) is 3.02. The number of aromatic carboxylic acids is 1. The van der Waals surface area contributed by atoms with Gasteiger partial charge in [0.15, 0.2) is 0 Å². The molecule has 1 amide bonds. The number of aromatic nitrogens is 1. The number of carboxylic acids is 1. The number of rotatable bonds is 4. The van der Waals surface area contributed by atoms with E-state index in [-0.39, 0.29) is 11.4 Å². The molecule has 0 aliphatic heterocycles. The van der Waals surface area contributed by atoms with Gasteiger partial charge in [-0.1, -0.05) is 22.0 Å². The van der Waals surface area contributed by atoms with Crippen LogP contribution in [0.2, 0.25) is 0 Å². The van der Waals surface area contributed by atoms with Gasteiger partial charge in [0.25, 0.3) is 5.91 Å². The van der Waals surface area contributed by atoms with Gasteiger partial charge in [0, 0.05) is 16.2 Å². The average molecular weight is 351 g/mol. The van der Waals surface area contributed by atoms with Crippen LogP contribution in [0.3, 0.4) is 0 Å². The second-order valence-corrected chi connectivity index (χ2v) is 4.96. The molecule has 6 nitrogen and oxygen atoms in total. The molecule has 0 bridgehead atoms. The lowest BCUT2D eigenvalue weighted by Gasteiger charge is -2.08. The maximum absolute atomic E-state index is 12.1. The van der Waals surface area contributed by atoms with Gasteiger partial charge in [0.1, 0.15) is 17.1 Å². The number of benzene rings is 1. The number of pyridine rings is 1. The molecule has 0 aliphatic rings. The summed E-state index contributed by atoms with van der Waals surface area (Å²) in [7, 11) is 1.52. The third-order valence-electron chi connectivity index (χ3n) is 2.57. The van der Waals surface area contributed by atoms with E-state index in [4.69, 9.17) is 9.84 Å². The zero-order valence-corrected chi connectivity index (χ0v) is 12.5. The molecule has 0 saturated heterocycles. The molecule has 1 heterocycles. The van der Waals surface area contributed by atoms with Crippen molar-refractivity contribution in [2.45, 2.75) is 0 Å². The van der Waals surface area contributed by atoms with Crippen LogP contribution >= 0.6 is 15.9 Å². The number of hydrogen-bond acceptors (Lipinski definition) is 4. The average Bonchev–Trinajstić information content (AvgIpc) is 2.46. The predicted octanol–water partition coefficient (Wildman–Crippen LogP) is 2.80. The highest BCUT2D eigenvalue weighted by molar-refractivity contribution is 9.10. The summed E-state index contributed by atoms with van der Waals surface area (Å²) in [6, 6.07) is 9.31. The van der Waals surface area contributed by atoms with Gasteiger partial charge in [-0.25, -0.2) is 9.78 Å². The molecule has 0 fully saturated rings. The fourth-order valence-electron chi connectivity index (χ4n) is 1.63. The van der Waals surface area contributed by atoms with Gasteiger partial charge in [-0.05, 0) is 24.3 Å². The van der Waals surface area contributed by atoms with E-state index in [0.29, 0.717) is 11.4 Å². The standard InChI is InChI=1S/C14H11BrN2O4/c1-21-10-6-8(15)5-9(7-10)16-13(18)11-3-2-4-12(17-11)14(19)20/h2-7H,1H3,(H,16,18)(H,19,20). The Morgan fingerprint density at radius 2 is 1.95 bits per heavy atom. The zero-order valence-electron chi connectivity index (χ0n) is 11.0. The number of carbonyl (C=O) groups is 2. The van der Waals surface area contributed by atoms with Crippen LogP contribution in [0.25, 0.3) is 0 Å². The molecule has 2 N–H and O–H groups in total. The molecule has 21 heavy (non-hydrogen) atoms. The fourth-order valence-corrected chi connectivity index (χ4v) is 2.10. The first-order valence-electron chi connectivity index (χ1n) is 5.86. The summed E-state index contributed by atoms with van der Waals surface area (Å²) < 4.78 is 5.84. The Morgan fingerprint density at radius 3 is 2.62 bits per heavy atom. The molecule has 108 valence electrons. The molecule has 0 radical (unpaired) electrons. The topological polar surface area (TPSA) is 88.5 Å². The SMILES string of the molecule is COc1cc(Br)cc(NC(=O)c2cccc(C(=O)O)n2)c1. The molecule has 1 aromatic heterocycles. The molecule has 2 aromatic rings. The summed E-state index contributed by atoms with van der Waals surface area (Å²) in [5, 5.41) is 11.5. The first-order valence-corrected chi connectivity index (χ1v) is 6.65. The highest BCUT2D eigenvalue weighted by atomic mass is 79.9. The Kier molecular flexibility index (Phi) is 4.54. The van der Waals surface area contributed by atoms with Crippen molar-refractivity contribution < 1.29 is 19.4 Å². The smallest absolute Gasteiger partial charge is 0.354 e. The molecule has 0 aliphatic carbocycles. The van der Waals surface area contributed by atoms with Crippen molar-refractivity contribution in [2.75, 3.05) is 12.4 Å². The Hall–Kier alpha value is -2.41. The Labute approximate surface area is 128 Å². The van der Waals surface area contributed by atoms with Crippen molar-refractivity contribution in [1.82, 2.24) is 4.98 Å². The largest absolute Gasteiger partial charge is 0.497 e. The minimum Gasteiger partial charge on any atom is -0.497 e. The van der Waals surface area contributed by atoms with Gasteiger partial charge in [-0.15, -0.1) is 0 Å². The second-order valence-electron chi connectivity index (χ2n) is 4.05. The van der Waals surface area contributed by atoms with Crippen LogP contribution < -0.4 is 10.1 Å². The van der Waals surface area contributed by atoms with Crippen LogP contribution in [0.15, 0.2) is 40.9 Å². The molecule has 0 saturated carbocycles. The molecule has 0 atom stereocenters. The first kappa shape index (κ1) is 15.0. The fraction of sp³-hybridized carbons (Fsp3) is 0.0714. The van der Waals surface area contributed by atoms with Gasteiger partial charge in [-0.2, -0.15) is 0 Å². The van der Waals surface area contributed by atoms with Gasteiger partial charge in [0.2, 0.25) is 0 Å². The van der Waals surface area contributed by atoms with E-state index < -0.39 is 11.9 Å². The molecular formula is C14H11BrN2O4. The first-order chi connectivity index (χ1) is 9.99. The normalized spacial score (nSPS) is 10.0. The lowest BCUT2D eigenvalue weighted by molar-refractivity contribution is 0.0690. The summed E-state index contributed by atoms with van der Waals surface area (Å²) >= 11 is 3.31. The monoisotopic (exact) mass is 350 g/mol. The third kappa shape index (κ3) is 3.79. The van der Waals surface area contributed by atoms with Crippen LogP contribution in [0.4, 0.5) is 5.69 Å². The number of amides is 1. The molecular weight excluding hydrogens is 340 g/mol. The van der Waals surface area contributed by atoms with Gasteiger partial charge < -0.3 is 15.2 Å². The van der Waals surface area contributed by atoms with Crippen molar-refractivity contribution in [3.63, 3.8) is 0 Å². The number of ether oxygens (including phenoxy) is 1. The Morgan fingerprint density at radius 1 is 1.24 bits per heavy atom. The van der Waals surface area contributed by atoms with E-state index in [9.17, 15) is 9.59 Å².